The summed E-state index contributed by atoms with van der Waals surface area (Å²) >= 11 is 0. The van der Waals surface area contributed by atoms with Crippen molar-refractivity contribution in [1.82, 2.24) is 14.7 Å². The largest absolute Gasteiger partial charge is 0.343 e. The minimum absolute atomic E-state index is 0.273. The van der Waals surface area contributed by atoms with Crippen LogP contribution < -0.4 is 0 Å². The van der Waals surface area contributed by atoms with Crippen molar-refractivity contribution in [1.29, 1.82) is 0 Å². The molecule has 0 radical (unpaired) electrons. The van der Waals surface area contributed by atoms with Crippen LogP contribution in [0.1, 0.15) is 64.2 Å². The molecular formula is C19H33N3O2. The van der Waals surface area contributed by atoms with Crippen LogP contribution in [-0.4, -0.2) is 71.8 Å². The molecule has 2 amide bonds. The van der Waals surface area contributed by atoms with Crippen molar-refractivity contribution in [2.24, 2.45) is 0 Å². The van der Waals surface area contributed by atoms with Gasteiger partial charge in [-0.25, -0.2) is 0 Å². The number of hydrogen-bond acceptors (Lipinski definition) is 3. The molecule has 0 bridgehead atoms. The maximum absolute atomic E-state index is 12.4. The van der Waals surface area contributed by atoms with Crippen LogP contribution in [0.15, 0.2) is 0 Å². The second-order valence-electron chi connectivity index (χ2n) is 7.65. The molecule has 5 nitrogen and oxygen atoms in total. The summed E-state index contributed by atoms with van der Waals surface area (Å²) in [6, 6.07) is 0.765. The van der Waals surface area contributed by atoms with Crippen LogP contribution in [0.5, 0.6) is 0 Å². The van der Waals surface area contributed by atoms with E-state index in [4.69, 9.17) is 0 Å². The van der Waals surface area contributed by atoms with Crippen molar-refractivity contribution >= 4 is 11.8 Å². The zero-order chi connectivity index (χ0) is 16.8. The Balaban J connectivity index is 1.33. The first-order chi connectivity index (χ1) is 11.7. The smallest absolute Gasteiger partial charge is 0.222 e. The number of hydrogen-bond donors (Lipinski definition) is 0. The molecule has 3 aliphatic rings. The normalized spacial score (nSPS) is 24.4. The molecule has 0 aromatic carbocycles. The molecule has 3 rings (SSSR count). The van der Waals surface area contributed by atoms with E-state index in [-0.39, 0.29) is 11.8 Å². The molecule has 2 aliphatic heterocycles. The van der Waals surface area contributed by atoms with E-state index in [9.17, 15) is 9.59 Å². The molecule has 0 atom stereocenters. The maximum Gasteiger partial charge on any atom is 0.222 e. The lowest BCUT2D eigenvalue weighted by Gasteiger charge is -2.40. The monoisotopic (exact) mass is 335 g/mol. The Kier molecular flexibility index (Phi) is 6.52. The summed E-state index contributed by atoms with van der Waals surface area (Å²) in [7, 11) is 0. The average Bonchev–Trinajstić information content (AvgIpc) is 2.64. The number of carbonyl (C=O) groups is 2. The molecule has 0 aromatic rings. The van der Waals surface area contributed by atoms with Crippen molar-refractivity contribution in [3.63, 3.8) is 0 Å². The Labute approximate surface area is 146 Å². The van der Waals surface area contributed by atoms with Gasteiger partial charge in [0, 0.05) is 58.2 Å². The topological polar surface area (TPSA) is 43.9 Å². The first-order valence-corrected chi connectivity index (χ1v) is 10.0. The van der Waals surface area contributed by atoms with Gasteiger partial charge in [-0.3, -0.25) is 14.5 Å². The van der Waals surface area contributed by atoms with Gasteiger partial charge in [0.25, 0.3) is 0 Å². The third kappa shape index (κ3) is 4.71. The molecular weight excluding hydrogens is 302 g/mol. The quantitative estimate of drug-likeness (QED) is 0.774. The molecule has 3 fully saturated rings. The maximum atomic E-state index is 12.4. The van der Waals surface area contributed by atoms with E-state index in [2.05, 4.69) is 4.90 Å². The highest BCUT2D eigenvalue weighted by atomic mass is 16.2. The van der Waals surface area contributed by atoms with Crippen molar-refractivity contribution in [3.05, 3.63) is 0 Å². The summed E-state index contributed by atoms with van der Waals surface area (Å²) in [6.45, 7) is 5.50. The van der Waals surface area contributed by atoms with Crippen LogP contribution in [-0.2, 0) is 9.59 Å². The van der Waals surface area contributed by atoms with Gasteiger partial charge >= 0.3 is 0 Å². The second kappa shape index (κ2) is 8.84. The van der Waals surface area contributed by atoms with Gasteiger partial charge in [0.1, 0.15) is 0 Å². The molecule has 5 heteroatoms. The van der Waals surface area contributed by atoms with Gasteiger partial charge in [-0.1, -0.05) is 19.3 Å². The van der Waals surface area contributed by atoms with E-state index < -0.39 is 0 Å². The number of carbonyl (C=O) groups excluding carboxylic acids is 2. The van der Waals surface area contributed by atoms with Gasteiger partial charge < -0.3 is 9.80 Å². The van der Waals surface area contributed by atoms with E-state index in [1.807, 2.05) is 9.80 Å². The first-order valence-electron chi connectivity index (χ1n) is 10.0. The minimum Gasteiger partial charge on any atom is -0.343 e. The van der Waals surface area contributed by atoms with Crippen molar-refractivity contribution in [2.75, 3.05) is 39.3 Å². The Bertz CT molecular complexity index is 426. The van der Waals surface area contributed by atoms with Gasteiger partial charge in [-0.2, -0.15) is 0 Å². The highest BCUT2D eigenvalue weighted by molar-refractivity contribution is 5.77. The Morgan fingerprint density at radius 2 is 1.67 bits per heavy atom. The van der Waals surface area contributed by atoms with Crippen LogP contribution >= 0.6 is 0 Å². The fraction of sp³-hybridized carbons (Fsp3) is 0.895. The summed E-state index contributed by atoms with van der Waals surface area (Å²) in [5.41, 5.74) is 0. The fourth-order valence-electron chi connectivity index (χ4n) is 4.46. The van der Waals surface area contributed by atoms with Gasteiger partial charge in [-0.05, 0) is 32.1 Å². The lowest BCUT2D eigenvalue weighted by molar-refractivity contribution is -0.136. The lowest BCUT2D eigenvalue weighted by Crippen LogP contribution is -2.52. The molecule has 0 N–H and O–H groups in total. The van der Waals surface area contributed by atoms with Crippen molar-refractivity contribution in [3.8, 4) is 0 Å². The van der Waals surface area contributed by atoms with Crippen LogP contribution in [0.2, 0.25) is 0 Å². The summed E-state index contributed by atoms with van der Waals surface area (Å²) in [5, 5.41) is 0. The molecule has 24 heavy (non-hydrogen) atoms. The van der Waals surface area contributed by atoms with E-state index in [0.717, 1.165) is 64.6 Å². The first kappa shape index (κ1) is 17.7. The molecule has 2 saturated heterocycles. The molecule has 0 unspecified atom stereocenters. The molecule has 0 spiro atoms. The predicted molar refractivity (Wildman–Crippen MR) is 94.7 cm³/mol. The molecule has 1 saturated carbocycles. The second-order valence-corrected chi connectivity index (χ2v) is 7.65. The van der Waals surface area contributed by atoms with Gasteiger partial charge in [0.05, 0.1) is 0 Å². The van der Waals surface area contributed by atoms with Gasteiger partial charge in [-0.15, -0.1) is 0 Å². The van der Waals surface area contributed by atoms with Crippen LogP contribution in [0.25, 0.3) is 0 Å². The summed E-state index contributed by atoms with van der Waals surface area (Å²) in [5.74, 6) is 0.553. The number of likely N-dealkylation sites (tertiary alicyclic amines) is 1. The Morgan fingerprint density at radius 1 is 0.917 bits per heavy atom. The minimum atomic E-state index is 0.273. The number of amides is 2. The van der Waals surface area contributed by atoms with Gasteiger partial charge in [0.15, 0.2) is 0 Å². The third-order valence-corrected chi connectivity index (χ3v) is 6.00. The highest BCUT2D eigenvalue weighted by Crippen LogP contribution is 2.23. The van der Waals surface area contributed by atoms with E-state index >= 15 is 0 Å². The Hall–Kier alpha value is -1.10. The molecule has 1 aliphatic carbocycles. The number of piperazine rings is 1. The summed E-state index contributed by atoms with van der Waals surface area (Å²) in [6.07, 6.45) is 11.1. The van der Waals surface area contributed by atoms with Crippen LogP contribution in [0.3, 0.4) is 0 Å². The average molecular weight is 335 g/mol. The zero-order valence-electron chi connectivity index (χ0n) is 15.0. The highest BCUT2D eigenvalue weighted by Gasteiger charge is 2.27. The van der Waals surface area contributed by atoms with Crippen molar-refractivity contribution in [2.45, 2.75) is 70.3 Å². The number of rotatable bonds is 5. The summed E-state index contributed by atoms with van der Waals surface area (Å²) in [4.78, 5) is 30.8. The number of nitrogens with zero attached hydrogens (tertiary/aromatic N) is 3. The van der Waals surface area contributed by atoms with E-state index in [0.29, 0.717) is 12.8 Å². The predicted octanol–water partition coefficient (Wildman–Crippen LogP) is 2.26. The SMILES string of the molecule is O=C1CCCCN1CCCC(=O)N1CCN(C2CCCCC2)CC1. The van der Waals surface area contributed by atoms with E-state index in [1.54, 1.807) is 0 Å². The van der Waals surface area contributed by atoms with Gasteiger partial charge in [0.2, 0.25) is 11.8 Å². The zero-order valence-corrected chi connectivity index (χ0v) is 15.0. The van der Waals surface area contributed by atoms with Crippen LogP contribution in [0.4, 0.5) is 0 Å². The third-order valence-electron chi connectivity index (χ3n) is 6.00. The lowest BCUT2D eigenvalue weighted by atomic mass is 9.94. The number of piperidine rings is 1. The molecule has 2 heterocycles. The van der Waals surface area contributed by atoms with Crippen LogP contribution in [0, 0.1) is 0 Å². The molecule has 0 aromatic heterocycles. The van der Waals surface area contributed by atoms with Crippen molar-refractivity contribution < 1.29 is 9.59 Å². The van der Waals surface area contributed by atoms with E-state index in [1.165, 1.54) is 32.1 Å². The fourth-order valence-corrected chi connectivity index (χ4v) is 4.46. The molecule has 136 valence electrons. The Morgan fingerprint density at radius 3 is 2.38 bits per heavy atom. The summed E-state index contributed by atoms with van der Waals surface area (Å²) < 4.78 is 0. The standard InChI is InChI=1S/C19H33N3O2/c23-18-9-4-5-11-21(18)12-6-10-19(24)22-15-13-20(14-16-22)17-7-2-1-3-8-17/h17H,1-16H2.